The van der Waals surface area contributed by atoms with Gasteiger partial charge in [-0.15, -0.1) is 11.6 Å². The Morgan fingerprint density at radius 3 is 1.51 bits per heavy atom. The maximum absolute atomic E-state index is 14.0. The molecule has 0 bridgehead atoms. The zero-order chi connectivity index (χ0) is 30.3. The van der Waals surface area contributed by atoms with Crippen LogP contribution < -0.4 is 9.80 Å². The summed E-state index contributed by atoms with van der Waals surface area (Å²) in [7, 11) is 0. The first kappa shape index (κ1) is 34.5. The van der Waals surface area contributed by atoms with Crippen LogP contribution in [-0.4, -0.2) is 36.5 Å². The lowest BCUT2D eigenvalue weighted by Crippen LogP contribution is -2.37. The lowest BCUT2D eigenvalue weighted by atomic mass is 10.1. The van der Waals surface area contributed by atoms with Crippen molar-refractivity contribution in [1.29, 1.82) is 0 Å². The van der Waals surface area contributed by atoms with Crippen LogP contribution in [0, 0.1) is 23.3 Å². The van der Waals surface area contributed by atoms with Gasteiger partial charge < -0.3 is 9.47 Å². The number of alkyl halides is 1. The van der Waals surface area contributed by atoms with Crippen molar-refractivity contribution in [3.63, 3.8) is 0 Å². The molecule has 0 spiro atoms. The second kappa shape index (κ2) is 14.2. The van der Waals surface area contributed by atoms with Crippen LogP contribution in [-0.2, 0) is 15.4 Å². The third-order valence-electron chi connectivity index (χ3n) is 4.63. The average molecular weight is 642 g/mol. The summed E-state index contributed by atoms with van der Waals surface area (Å²) in [5.41, 5.74) is -1.26. The number of carbonyl (C=O) groups excluding carboxylic acids is 2. The molecule has 218 valence electrons. The minimum Gasteiger partial charge on any atom is -0.443 e. The molecular weight excluding hydrogens is 608 g/mol. The molecule has 2 amide bonds. The Hall–Kier alpha value is -2.53. The molecule has 2 rings (SSSR count). The number of halogens is 6. The molecule has 0 N–H and O–H groups in total. The second-order valence-corrected chi connectivity index (χ2v) is 11.3. The first-order valence-electron chi connectivity index (χ1n) is 12.0. The van der Waals surface area contributed by atoms with Crippen molar-refractivity contribution in [3.05, 3.63) is 57.6 Å². The van der Waals surface area contributed by atoms with Crippen molar-refractivity contribution < 1.29 is 36.6 Å². The number of amides is 2. The maximum Gasteiger partial charge on any atom is 0.414 e. The van der Waals surface area contributed by atoms with E-state index in [1.807, 2.05) is 0 Å². The number of benzene rings is 2. The summed E-state index contributed by atoms with van der Waals surface area (Å²) in [5, 5.41) is 0. The Morgan fingerprint density at radius 2 is 1.15 bits per heavy atom. The lowest BCUT2D eigenvalue weighted by molar-refractivity contribution is 0.0570. The van der Waals surface area contributed by atoms with Gasteiger partial charge in [-0.25, -0.2) is 27.2 Å². The Bertz CT molecular complexity index is 1150. The zero-order valence-corrected chi connectivity index (χ0v) is 25.6. The summed E-state index contributed by atoms with van der Waals surface area (Å²) in [5.74, 6) is -3.22. The van der Waals surface area contributed by atoms with Gasteiger partial charge in [-0.2, -0.15) is 0 Å². The minimum absolute atomic E-state index is 0.0295. The number of nitrogens with zero attached hydrogens (tertiary/aromatic N) is 2. The Kier molecular flexibility index (Phi) is 12.6. The topological polar surface area (TPSA) is 59.1 Å². The van der Waals surface area contributed by atoms with Gasteiger partial charge in [-0.3, -0.25) is 9.80 Å². The van der Waals surface area contributed by atoms with E-state index in [1.165, 1.54) is 0 Å². The van der Waals surface area contributed by atoms with E-state index in [2.05, 4.69) is 15.9 Å². The van der Waals surface area contributed by atoms with E-state index in [-0.39, 0.29) is 40.4 Å². The molecule has 0 saturated heterocycles. The molecule has 0 saturated carbocycles. The smallest absolute Gasteiger partial charge is 0.414 e. The highest BCUT2D eigenvalue weighted by Gasteiger charge is 2.28. The summed E-state index contributed by atoms with van der Waals surface area (Å²) in [6.07, 6.45) is -1.38. The van der Waals surface area contributed by atoms with Gasteiger partial charge in [0.15, 0.2) is 5.82 Å². The predicted molar refractivity (Wildman–Crippen MR) is 148 cm³/mol. The van der Waals surface area contributed by atoms with Gasteiger partial charge in [0, 0.05) is 35.6 Å². The van der Waals surface area contributed by atoms with E-state index in [0.717, 1.165) is 34.1 Å². The molecule has 12 heteroatoms. The van der Waals surface area contributed by atoms with Gasteiger partial charge in [-0.05, 0) is 89.0 Å². The summed E-state index contributed by atoms with van der Waals surface area (Å²) in [4.78, 5) is 26.3. The van der Waals surface area contributed by atoms with Crippen molar-refractivity contribution in [2.75, 3.05) is 22.9 Å². The van der Waals surface area contributed by atoms with Crippen LogP contribution in [0.3, 0.4) is 0 Å². The molecule has 0 aliphatic heterocycles. The number of hydrogen-bond donors (Lipinski definition) is 0. The Labute approximate surface area is 240 Å². The van der Waals surface area contributed by atoms with Gasteiger partial charge in [0.1, 0.15) is 28.7 Å². The third-order valence-corrected chi connectivity index (χ3v) is 5.53. The first-order valence-corrected chi connectivity index (χ1v) is 13.4. The van der Waals surface area contributed by atoms with Crippen LogP contribution in [0.1, 0.15) is 61.0 Å². The average Bonchev–Trinajstić information content (AvgIpc) is 2.75. The minimum atomic E-state index is -0.839. The second-order valence-electron chi connectivity index (χ2n) is 10.2. The molecule has 39 heavy (non-hydrogen) atoms. The van der Waals surface area contributed by atoms with E-state index in [0.29, 0.717) is 0 Å². The van der Waals surface area contributed by atoms with E-state index in [1.54, 1.807) is 55.4 Å². The van der Waals surface area contributed by atoms with E-state index < -0.39 is 46.7 Å². The number of rotatable bonds is 5. The van der Waals surface area contributed by atoms with Gasteiger partial charge >= 0.3 is 12.2 Å². The van der Waals surface area contributed by atoms with Crippen LogP contribution in [0.4, 0.5) is 38.5 Å². The fourth-order valence-corrected chi connectivity index (χ4v) is 4.03. The molecule has 2 aromatic rings. The Balaban J connectivity index is 0.000000391. The van der Waals surface area contributed by atoms with Crippen LogP contribution in [0.5, 0.6) is 0 Å². The number of hydrogen-bond acceptors (Lipinski definition) is 4. The number of anilines is 2. The van der Waals surface area contributed by atoms with Crippen molar-refractivity contribution in [1.82, 2.24) is 0 Å². The molecule has 0 heterocycles. The molecule has 0 fully saturated rings. The molecule has 0 aliphatic rings. The van der Waals surface area contributed by atoms with Crippen LogP contribution in [0.25, 0.3) is 0 Å². The SMILES string of the molecule is CCN(C(=O)OC(C)(C)C)c1c(F)cc(F)cc1Br.CCN(C(=O)OC(C)(C)C)c1c(F)cc(F)cc1CCl. The predicted octanol–water partition coefficient (Wildman–Crippen LogP) is 8.95. The summed E-state index contributed by atoms with van der Waals surface area (Å²) in [6.45, 7) is 14.0. The largest absolute Gasteiger partial charge is 0.443 e. The maximum atomic E-state index is 14.0. The molecule has 2 aromatic carbocycles. The van der Waals surface area contributed by atoms with Gasteiger partial charge in [-0.1, -0.05) is 0 Å². The van der Waals surface area contributed by atoms with E-state index in [4.69, 9.17) is 21.1 Å². The molecule has 0 unspecified atom stereocenters. The third kappa shape index (κ3) is 10.5. The summed E-state index contributed by atoms with van der Waals surface area (Å²) in [6, 6.07) is 3.66. The monoisotopic (exact) mass is 640 g/mol. The summed E-state index contributed by atoms with van der Waals surface area (Å²) >= 11 is 8.76. The van der Waals surface area contributed by atoms with E-state index in [9.17, 15) is 27.2 Å². The van der Waals surface area contributed by atoms with Crippen LogP contribution >= 0.6 is 27.5 Å². The zero-order valence-electron chi connectivity index (χ0n) is 23.2. The van der Waals surface area contributed by atoms with Crippen molar-refractivity contribution in [2.45, 2.75) is 72.5 Å². The first-order chi connectivity index (χ1) is 17.8. The lowest BCUT2D eigenvalue weighted by Gasteiger charge is -2.28. The number of carbonyl (C=O) groups is 2. The molecule has 6 nitrogen and oxygen atoms in total. The fourth-order valence-electron chi connectivity index (χ4n) is 3.21. The highest BCUT2D eigenvalue weighted by molar-refractivity contribution is 9.10. The quantitative estimate of drug-likeness (QED) is 0.242. The highest BCUT2D eigenvalue weighted by Crippen LogP contribution is 2.32. The fraction of sp³-hybridized carbons (Fsp3) is 0.481. The highest BCUT2D eigenvalue weighted by atomic mass is 79.9. The number of ether oxygens (including phenoxy) is 2. The molecule has 0 aliphatic carbocycles. The standard InChI is InChI=1S/C14H18ClF2NO2.C13H16BrF2NO2/c1-5-18(13(19)20-14(2,3)4)12-9(8-15)6-10(16)7-11(12)17;1-5-17(12(18)19-13(2,3)4)11-9(14)6-8(15)7-10(11)16/h6-7H,5,8H2,1-4H3;6-7H,5H2,1-4H3. The Morgan fingerprint density at radius 1 is 0.769 bits per heavy atom. The van der Waals surface area contributed by atoms with Crippen molar-refractivity contribution >= 4 is 51.1 Å². The normalized spacial score (nSPS) is 11.3. The van der Waals surface area contributed by atoms with Gasteiger partial charge in [0.25, 0.3) is 0 Å². The van der Waals surface area contributed by atoms with Crippen LogP contribution in [0.2, 0.25) is 0 Å². The van der Waals surface area contributed by atoms with Gasteiger partial charge in [0.05, 0.1) is 11.4 Å². The molecule has 0 atom stereocenters. The van der Waals surface area contributed by atoms with E-state index >= 15 is 0 Å². The van der Waals surface area contributed by atoms with Crippen LogP contribution in [0.15, 0.2) is 28.7 Å². The molecule has 0 aromatic heterocycles. The van der Waals surface area contributed by atoms with Gasteiger partial charge in [0.2, 0.25) is 0 Å². The van der Waals surface area contributed by atoms with Crippen molar-refractivity contribution in [3.8, 4) is 0 Å². The molecule has 0 radical (unpaired) electrons. The summed E-state index contributed by atoms with van der Waals surface area (Å²) < 4.78 is 64.6. The van der Waals surface area contributed by atoms with Crippen molar-refractivity contribution in [2.24, 2.45) is 0 Å². The molecular formula is C27H34BrClF4N2O4.